The molecule has 2 heterocycles. The number of carbonyl (C=O) groups excluding carboxylic acids is 1. The molecule has 1 aromatic carbocycles. The van der Waals surface area contributed by atoms with Gasteiger partial charge in [0.05, 0.1) is 0 Å². The quantitative estimate of drug-likeness (QED) is 0.753. The maximum Gasteiger partial charge on any atom is 0.349 e. The van der Waals surface area contributed by atoms with E-state index in [0.717, 1.165) is 10.9 Å². The third kappa shape index (κ3) is 2.48. The van der Waals surface area contributed by atoms with E-state index in [1.165, 1.54) is 0 Å². The Morgan fingerprint density at radius 3 is 2.90 bits per heavy atom. The minimum Gasteiger partial charge on any atom is -0.422 e. The van der Waals surface area contributed by atoms with E-state index in [1.807, 2.05) is 22.9 Å². The molecular weight excluding hydrogens is 274 g/mol. The lowest BCUT2D eigenvalue weighted by molar-refractivity contribution is 0.0947. The van der Waals surface area contributed by atoms with Crippen molar-refractivity contribution in [2.75, 3.05) is 0 Å². The van der Waals surface area contributed by atoms with Crippen LogP contribution in [-0.4, -0.2) is 5.91 Å². The number of rotatable bonds is 3. The fourth-order valence-corrected chi connectivity index (χ4v) is 2.56. The molecule has 3 aromatic rings. The predicted octanol–water partition coefficient (Wildman–Crippen LogP) is 2.78. The van der Waals surface area contributed by atoms with Gasteiger partial charge in [-0.15, -0.1) is 0 Å². The molecule has 0 bridgehead atoms. The van der Waals surface area contributed by atoms with E-state index >= 15 is 0 Å². The lowest BCUT2D eigenvalue weighted by atomic mass is 10.2. The molecule has 0 saturated heterocycles. The fraction of sp³-hybridized carbons (Fsp3) is 0.0667. The molecule has 0 aliphatic carbocycles. The van der Waals surface area contributed by atoms with Crippen molar-refractivity contribution in [1.82, 2.24) is 5.32 Å². The molecule has 0 fully saturated rings. The summed E-state index contributed by atoms with van der Waals surface area (Å²) in [6, 6.07) is 10.6. The number of thiophene rings is 1. The van der Waals surface area contributed by atoms with Gasteiger partial charge in [0.2, 0.25) is 0 Å². The summed E-state index contributed by atoms with van der Waals surface area (Å²) < 4.78 is 5.14. The predicted molar refractivity (Wildman–Crippen MR) is 78.0 cm³/mol. The van der Waals surface area contributed by atoms with Crippen LogP contribution < -0.4 is 10.9 Å². The van der Waals surface area contributed by atoms with Crippen molar-refractivity contribution < 1.29 is 9.21 Å². The van der Waals surface area contributed by atoms with Crippen LogP contribution >= 0.6 is 11.3 Å². The standard InChI is InChI=1S/C15H11NO3S/c17-14(16-8-10-5-6-20-9-10)12-7-11-3-1-2-4-13(11)19-15(12)18/h1-7,9H,8H2,(H,16,17). The highest BCUT2D eigenvalue weighted by Crippen LogP contribution is 2.12. The van der Waals surface area contributed by atoms with Crippen LogP contribution in [0.3, 0.4) is 0 Å². The van der Waals surface area contributed by atoms with Crippen LogP contribution in [0.1, 0.15) is 15.9 Å². The van der Waals surface area contributed by atoms with Crippen molar-refractivity contribution >= 4 is 28.2 Å². The van der Waals surface area contributed by atoms with Gasteiger partial charge in [-0.1, -0.05) is 18.2 Å². The number of nitrogens with one attached hydrogen (secondary N) is 1. The zero-order chi connectivity index (χ0) is 13.9. The molecule has 5 heteroatoms. The van der Waals surface area contributed by atoms with Gasteiger partial charge in [-0.2, -0.15) is 11.3 Å². The number of fused-ring (bicyclic) bond motifs is 1. The van der Waals surface area contributed by atoms with Gasteiger partial charge in [-0.05, 0) is 34.5 Å². The molecule has 100 valence electrons. The monoisotopic (exact) mass is 285 g/mol. The Kier molecular flexibility index (Phi) is 3.35. The van der Waals surface area contributed by atoms with Crippen molar-refractivity contribution in [2.24, 2.45) is 0 Å². The van der Waals surface area contributed by atoms with E-state index in [9.17, 15) is 9.59 Å². The Morgan fingerprint density at radius 2 is 2.10 bits per heavy atom. The fourth-order valence-electron chi connectivity index (χ4n) is 1.89. The Morgan fingerprint density at radius 1 is 1.25 bits per heavy atom. The average Bonchev–Trinajstić information content (AvgIpc) is 2.97. The molecule has 4 nitrogen and oxygen atoms in total. The van der Waals surface area contributed by atoms with Crippen LogP contribution in [0.4, 0.5) is 0 Å². The summed E-state index contributed by atoms with van der Waals surface area (Å²) >= 11 is 1.56. The van der Waals surface area contributed by atoms with Crippen molar-refractivity contribution in [2.45, 2.75) is 6.54 Å². The molecule has 3 rings (SSSR count). The minimum absolute atomic E-state index is 0.0268. The van der Waals surface area contributed by atoms with E-state index in [-0.39, 0.29) is 5.56 Å². The Balaban J connectivity index is 1.87. The van der Waals surface area contributed by atoms with Gasteiger partial charge in [0, 0.05) is 11.9 Å². The van der Waals surface area contributed by atoms with Gasteiger partial charge in [-0.3, -0.25) is 4.79 Å². The van der Waals surface area contributed by atoms with Crippen molar-refractivity contribution in [3.05, 3.63) is 68.7 Å². The van der Waals surface area contributed by atoms with Gasteiger partial charge in [0.1, 0.15) is 11.1 Å². The summed E-state index contributed by atoms with van der Waals surface area (Å²) in [6.45, 7) is 0.397. The number of hydrogen-bond donors (Lipinski definition) is 1. The van der Waals surface area contributed by atoms with Crippen LogP contribution in [0.25, 0.3) is 11.0 Å². The van der Waals surface area contributed by atoms with E-state index in [0.29, 0.717) is 12.1 Å². The molecule has 2 aromatic heterocycles. The summed E-state index contributed by atoms with van der Waals surface area (Å²) in [4.78, 5) is 23.8. The maximum atomic E-state index is 12.0. The highest BCUT2D eigenvalue weighted by atomic mass is 32.1. The highest BCUT2D eigenvalue weighted by molar-refractivity contribution is 7.07. The second-order valence-electron chi connectivity index (χ2n) is 4.30. The first kappa shape index (κ1) is 12.6. The summed E-state index contributed by atoms with van der Waals surface area (Å²) in [5, 5.41) is 7.33. The number of benzene rings is 1. The van der Waals surface area contributed by atoms with Gasteiger partial charge in [0.15, 0.2) is 0 Å². The van der Waals surface area contributed by atoms with Crippen LogP contribution in [0.2, 0.25) is 0 Å². The zero-order valence-corrected chi connectivity index (χ0v) is 11.3. The van der Waals surface area contributed by atoms with E-state index in [4.69, 9.17) is 4.42 Å². The molecule has 0 saturated carbocycles. The van der Waals surface area contributed by atoms with E-state index in [1.54, 1.807) is 35.6 Å². The van der Waals surface area contributed by atoms with Crippen molar-refractivity contribution in [3.63, 3.8) is 0 Å². The first-order valence-corrected chi connectivity index (χ1v) is 7.00. The molecule has 0 unspecified atom stereocenters. The SMILES string of the molecule is O=C(NCc1ccsc1)c1cc2ccccc2oc1=O. The van der Waals surface area contributed by atoms with E-state index < -0.39 is 11.5 Å². The zero-order valence-electron chi connectivity index (χ0n) is 10.5. The summed E-state index contributed by atoms with van der Waals surface area (Å²) in [6.07, 6.45) is 0. The molecule has 0 aliphatic rings. The van der Waals surface area contributed by atoms with Crippen molar-refractivity contribution in [3.8, 4) is 0 Å². The van der Waals surface area contributed by atoms with Gasteiger partial charge in [0.25, 0.3) is 5.91 Å². The van der Waals surface area contributed by atoms with Gasteiger partial charge < -0.3 is 9.73 Å². The lowest BCUT2D eigenvalue weighted by Crippen LogP contribution is -2.27. The molecule has 20 heavy (non-hydrogen) atoms. The molecule has 0 aliphatic heterocycles. The summed E-state index contributed by atoms with van der Waals surface area (Å²) in [7, 11) is 0. The summed E-state index contributed by atoms with van der Waals surface area (Å²) in [5.74, 6) is -0.421. The highest BCUT2D eigenvalue weighted by Gasteiger charge is 2.13. The Labute approximate surface area is 118 Å². The second kappa shape index (κ2) is 5.30. The topological polar surface area (TPSA) is 59.3 Å². The van der Waals surface area contributed by atoms with Gasteiger partial charge in [-0.25, -0.2) is 4.79 Å². The maximum absolute atomic E-state index is 12.0. The van der Waals surface area contributed by atoms with E-state index in [2.05, 4.69) is 5.32 Å². The van der Waals surface area contributed by atoms with Crippen LogP contribution in [0.15, 0.2) is 56.4 Å². The number of hydrogen-bond acceptors (Lipinski definition) is 4. The molecule has 0 radical (unpaired) electrons. The average molecular weight is 285 g/mol. The second-order valence-corrected chi connectivity index (χ2v) is 5.08. The summed E-state index contributed by atoms with van der Waals surface area (Å²) in [5.41, 5.74) is 0.894. The number of amides is 1. The number of carbonyl (C=O) groups is 1. The molecule has 1 amide bonds. The molecule has 0 atom stereocenters. The lowest BCUT2D eigenvalue weighted by Gasteiger charge is -2.04. The van der Waals surface area contributed by atoms with Crippen LogP contribution in [0, 0.1) is 0 Å². The molecule has 0 spiro atoms. The number of para-hydroxylation sites is 1. The third-order valence-electron chi connectivity index (χ3n) is 2.92. The minimum atomic E-state index is -0.619. The first-order valence-electron chi connectivity index (χ1n) is 6.06. The van der Waals surface area contributed by atoms with Gasteiger partial charge >= 0.3 is 5.63 Å². The Hall–Kier alpha value is -2.40. The smallest absolute Gasteiger partial charge is 0.349 e. The molecule has 1 N–H and O–H groups in total. The van der Waals surface area contributed by atoms with Crippen LogP contribution in [0.5, 0.6) is 0 Å². The Bertz CT molecular complexity index is 805. The first-order chi connectivity index (χ1) is 9.74. The largest absolute Gasteiger partial charge is 0.422 e. The van der Waals surface area contributed by atoms with Crippen LogP contribution in [-0.2, 0) is 6.54 Å². The molecular formula is C15H11NO3S. The normalized spacial score (nSPS) is 10.6. The van der Waals surface area contributed by atoms with Crippen molar-refractivity contribution in [1.29, 1.82) is 0 Å². The third-order valence-corrected chi connectivity index (χ3v) is 3.65.